The van der Waals surface area contributed by atoms with E-state index in [0.717, 1.165) is 6.42 Å². The van der Waals surface area contributed by atoms with E-state index in [0.29, 0.717) is 24.0 Å². The fourth-order valence-electron chi connectivity index (χ4n) is 1.65. The van der Waals surface area contributed by atoms with Crippen molar-refractivity contribution in [1.29, 1.82) is 0 Å². The van der Waals surface area contributed by atoms with Crippen LogP contribution < -0.4 is 10.1 Å². The van der Waals surface area contributed by atoms with Gasteiger partial charge in [-0.05, 0) is 27.2 Å². The van der Waals surface area contributed by atoms with Gasteiger partial charge in [0.05, 0.1) is 19.9 Å². The maximum atomic E-state index is 12.2. The molecule has 0 aliphatic heterocycles. The van der Waals surface area contributed by atoms with Gasteiger partial charge in [-0.2, -0.15) is 5.10 Å². The summed E-state index contributed by atoms with van der Waals surface area (Å²) in [6.45, 7) is 8.44. The first kappa shape index (κ1) is 14.7. The van der Waals surface area contributed by atoms with Gasteiger partial charge in [0.15, 0.2) is 11.5 Å². The summed E-state index contributed by atoms with van der Waals surface area (Å²) in [6, 6.07) is 0.465. The van der Waals surface area contributed by atoms with Gasteiger partial charge in [0.2, 0.25) is 0 Å². The van der Waals surface area contributed by atoms with Crippen LogP contribution in [0.1, 0.15) is 50.6 Å². The highest BCUT2D eigenvalue weighted by Crippen LogP contribution is 2.21. The zero-order chi connectivity index (χ0) is 13.7. The normalized spacial score (nSPS) is 12.8. The molecule has 102 valence electrons. The summed E-state index contributed by atoms with van der Waals surface area (Å²) in [7, 11) is 1.56. The van der Waals surface area contributed by atoms with Gasteiger partial charge < -0.3 is 10.1 Å². The van der Waals surface area contributed by atoms with E-state index in [1.807, 2.05) is 13.8 Å². The van der Waals surface area contributed by atoms with Crippen molar-refractivity contribution in [2.75, 3.05) is 13.7 Å². The number of rotatable bonds is 7. The average Bonchev–Trinajstić information content (AvgIpc) is 2.79. The number of aromatic nitrogens is 2. The molecular weight excluding hydrogens is 230 g/mol. The number of carbonyl (C=O) groups is 1. The molecule has 0 saturated carbocycles. The zero-order valence-corrected chi connectivity index (χ0v) is 11.9. The van der Waals surface area contributed by atoms with Gasteiger partial charge in [0, 0.05) is 12.1 Å². The van der Waals surface area contributed by atoms with Crippen LogP contribution in [-0.4, -0.2) is 35.3 Å². The Morgan fingerprint density at radius 3 is 2.67 bits per heavy atom. The van der Waals surface area contributed by atoms with Crippen LogP contribution >= 0.6 is 0 Å². The summed E-state index contributed by atoms with van der Waals surface area (Å²) in [5.41, 5.74) is 0.545. The van der Waals surface area contributed by atoms with Gasteiger partial charge >= 0.3 is 0 Å². The number of carbonyl (C=O) groups excluding carboxylic acids is 1. The van der Waals surface area contributed by atoms with E-state index in [-0.39, 0.29) is 11.8 Å². The van der Waals surface area contributed by atoms with E-state index < -0.39 is 0 Å². The van der Waals surface area contributed by atoms with Gasteiger partial charge in [-0.1, -0.05) is 6.92 Å². The minimum absolute atomic E-state index is 0.0124. The molecule has 1 N–H and O–H groups in total. The Bertz CT molecular complexity index is 399. The molecule has 1 aromatic heterocycles. The number of Topliss-reactive ketones (excluding diaryl/α,β-unsaturated/α-hetero) is 1. The number of hydrogen-bond donors (Lipinski definition) is 1. The maximum absolute atomic E-state index is 12.2. The molecule has 0 spiro atoms. The topological polar surface area (TPSA) is 56.1 Å². The minimum atomic E-state index is 0.0124. The van der Waals surface area contributed by atoms with Crippen LogP contribution in [0.3, 0.4) is 0 Å². The molecule has 0 radical (unpaired) electrons. The molecule has 5 nitrogen and oxygen atoms in total. The van der Waals surface area contributed by atoms with Gasteiger partial charge in [0.1, 0.15) is 5.69 Å². The number of hydrogen-bond acceptors (Lipinski definition) is 4. The molecule has 18 heavy (non-hydrogen) atoms. The van der Waals surface area contributed by atoms with Crippen molar-refractivity contribution in [3.05, 3.63) is 11.9 Å². The summed E-state index contributed by atoms with van der Waals surface area (Å²) in [5.74, 6) is 0.554. The van der Waals surface area contributed by atoms with Crippen molar-refractivity contribution in [1.82, 2.24) is 15.1 Å². The maximum Gasteiger partial charge on any atom is 0.198 e. The Balaban J connectivity index is 2.86. The highest BCUT2D eigenvalue weighted by Gasteiger charge is 2.20. The summed E-state index contributed by atoms with van der Waals surface area (Å²) >= 11 is 0. The number of nitrogens with one attached hydrogen (secondary N) is 1. The molecule has 1 aromatic rings. The van der Waals surface area contributed by atoms with Crippen LogP contribution in [0, 0.1) is 0 Å². The Labute approximate surface area is 109 Å². The second kappa shape index (κ2) is 6.54. The monoisotopic (exact) mass is 253 g/mol. The molecular formula is C13H23N3O2. The lowest BCUT2D eigenvalue weighted by atomic mass is 10.2. The Morgan fingerprint density at radius 1 is 1.50 bits per heavy atom. The highest BCUT2D eigenvalue weighted by molar-refractivity contribution is 5.98. The lowest BCUT2D eigenvalue weighted by molar-refractivity contribution is 0.0972. The predicted molar refractivity (Wildman–Crippen MR) is 71.3 cm³/mol. The van der Waals surface area contributed by atoms with Crippen molar-refractivity contribution in [3.63, 3.8) is 0 Å². The van der Waals surface area contributed by atoms with Crippen LogP contribution in [0.5, 0.6) is 5.75 Å². The van der Waals surface area contributed by atoms with E-state index in [1.54, 1.807) is 18.0 Å². The number of ketones is 1. The molecule has 1 atom stereocenters. The SMILES string of the molecule is CCC(C)NCC(=O)c1c(OC)cnn1C(C)C. The quantitative estimate of drug-likeness (QED) is 0.756. The lowest BCUT2D eigenvalue weighted by Gasteiger charge is -2.13. The first-order chi connectivity index (χ1) is 8.51. The molecule has 1 heterocycles. The summed E-state index contributed by atoms with van der Waals surface area (Å²) in [4.78, 5) is 12.2. The molecule has 0 aromatic carbocycles. The summed E-state index contributed by atoms with van der Waals surface area (Å²) in [5, 5.41) is 7.39. The van der Waals surface area contributed by atoms with Crippen LogP contribution in [-0.2, 0) is 0 Å². The third kappa shape index (κ3) is 3.32. The molecule has 0 saturated heterocycles. The Kier molecular flexibility index (Phi) is 5.34. The highest BCUT2D eigenvalue weighted by atomic mass is 16.5. The molecule has 0 fully saturated rings. The van der Waals surface area contributed by atoms with Crippen LogP contribution in [0.25, 0.3) is 0 Å². The first-order valence-corrected chi connectivity index (χ1v) is 6.39. The first-order valence-electron chi connectivity index (χ1n) is 6.39. The molecule has 1 rings (SSSR count). The fourth-order valence-corrected chi connectivity index (χ4v) is 1.65. The smallest absolute Gasteiger partial charge is 0.198 e. The molecule has 0 aliphatic carbocycles. The van der Waals surface area contributed by atoms with E-state index in [9.17, 15) is 4.79 Å². The van der Waals surface area contributed by atoms with Gasteiger partial charge in [0.25, 0.3) is 0 Å². The second-order valence-electron chi connectivity index (χ2n) is 4.71. The minimum Gasteiger partial charge on any atom is -0.493 e. The van der Waals surface area contributed by atoms with Gasteiger partial charge in [-0.25, -0.2) is 0 Å². The predicted octanol–water partition coefficient (Wildman–Crippen LogP) is 2.04. The average molecular weight is 253 g/mol. The van der Waals surface area contributed by atoms with E-state index in [1.165, 1.54) is 0 Å². The van der Waals surface area contributed by atoms with Gasteiger partial charge in [-0.15, -0.1) is 0 Å². The third-order valence-electron chi connectivity index (χ3n) is 2.96. The Morgan fingerprint density at radius 2 is 2.17 bits per heavy atom. The van der Waals surface area contributed by atoms with E-state index in [4.69, 9.17) is 4.74 Å². The van der Waals surface area contributed by atoms with Gasteiger partial charge in [-0.3, -0.25) is 9.48 Å². The number of methoxy groups -OCH3 is 1. The molecule has 0 aliphatic rings. The third-order valence-corrected chi connectivity index (χ3v) is 2.96. The lowest BCUT2D eigenvalue weighted by Crippen LogP contribution is -2.32. The fraction of sp³-hybridized carbons (Fsp3) is 0.692. The summed E-state index contributed by atoms with van der Waals surface area (Å²) in [6.07, 6.45) is 2.59. The van der Waals surface area contributed by atoms with Crippen molar-refractivity contribution in [2.45, 2.75) is 46.2 Å². The van der Waals surface area contributed by atoms with Crippen molar-refractivity contribution in [2.24, 2.45) is 0 Å². The number of ether oxygens (including phenoxy) is 1. The Hall–Kier alpha value is -1.36. The zero-order valence-electron chi connectivity index (χ0n) is 11.9. The second-order valence-corrected chi connectivity index (χ2v) is 4.71. The van der Waals surface area contributed by atoms with E-state index in [2.05, 4.69) is 24.3 Å². The van der Waals surface area contributed by atoms with Crippen LogP contribution in [0.15, 0.2) is 6.20 Å². The van der Waals surface area contributed by atoms with Crippen molar-refractivity contribution in [3.8, 4) is 5.75 Å². The molecule has 1 unspecified atom stereocenters. The largest absolute Gasteiger partial charge is 0.493 e. The van der Waals surface area contributed by atoms with Crippen LogP contribution in [0.2, 0.25) is 0 Å². The molecule has 5 heteroatoms. The van der Waals surface area contributed by atoms with E-state index >= 15 is 0 Å². The summed E-state index contributed by atoms with van der Waals surface area (Å²) < 4.78 is 6.91. The standard InChI is InChI=1S/C13H23N3O2/c1-6-10(4)14-7-11(17)13-12(18-5)8-15-16(13)9(2)3/h8-10,14H,6-7H2,1-5H3. The number of nitrogens with zero attached hydrogens (tertiary/aromatic N) is 2. The molecule has 0 amide bonds. The molecule has 0 bridgehead atoms. The van der Waals surface area contributed by atoms with Crippen LogP contribution in [0.4, 0.5) is 0 Å². The van der Waals surface area contributed by atoms with Crippen molar-refractivity contribution >= 4 is 5.78 Å². The van der Waals surface area contributed by atoms with Crippen molar-refractivity contribution < 1.29 is 9.53 Å².